The lowest BCUT2D eigenvalue weighted by Crippen LogP contribution is -2.50. The molecule has 1 saturated carbocycles. The summed E-state index contributed by atoms with van der Waals surface area (Å²) >= 11 is 6.20. The van der Waals surface area contributed by atoms with Gasteiger partial charge in [0.1, 0.15) is 0 Å². The largest absolute Gasteiger partial charge is 0.435 e. The number of hydrogen-bond donors (Lipinski definition) is 0. The van der Waals surface area contributed by atoms with E-state index in [1.54, 1.807) is 18.2 Å². The molecule has 192 valence electrons. The van der Waals surface area contributed by atoms with Crippen molar-refractivity contribution in [2.75, 3.05) is 0 Å². The first-order valence-corrected chi connectivity index (χ1v) is 11.3. The first-order valence-electron chi connectivity index (χ1n) is 11.0. The summed E-state index contributed by atoms with van der Waals surface area (Å²) in [6, 6.07) is 5.87. The minimum absolute atomic E-state index is 0.0106. The summed E-state index contributed by atoms with van der Waals surface area (Å²) in [7, 11) is 0. The second kappa shape index (κ2) is 8.90. The Kier molecular flexibility index (Phi) is 6.47. The number of aryl methyl sites for hydroxylation is 2. The van der Waals surface area contributed by atoms with Crippen molar-refractivity contribution < 1.29 is 35.5 Å². The summed E-state index contributed by atoms with van der Waals surface area (Å²) in [5, 5.41) is 4.52. The molecule has 4 rings (SSSR count). The Balaban J connectivity index is 1.71. The van der Waals surface area contributed by atoms with Crippen molar-refractivity contribution in [3.8, 4) is 16.8 Å². The van der Waals surface area contributed by atoms with E-state index < -0.39 is 23.6 Å². The van der Waals surface area contributed by atoms with Crippen LogP contribution in [0.15, 0.2) is 42.7 Å². The number of hydrogen-bond acceptors (Lipinski definition) is 2. The van der Waals surface area contributed by atoms with Crippen LogP contribution in [0.3, 0.4) is 0 Å². The summed E-state index contributed by atoms with van der Waals surface area (Å²) in [4.78, 5) is 12.6. The van der Waals surface area contributed by atoms with E-state index >= 15 is 0 Å². The molecule has 1 aromatic heterocycles. The van der Waals surface area contributed by atoms with Crippen LogP contribution in [-0.4, -0.2) is 27.9 Å². The van der Waals surface area contributed by atoms with Gasteiger partial charge in [0.2, 0.25) is 0 Å². The summed E-state index contributed by atoms with van der Waals surface area (Å²) in [5.74, 6) is 0.267. The summed E-state index contributed by atoms with van der Waals surface area (Å²) < 4.78 is 95.3. The van der Waals surface area contributed by atoms with Gasteiger partial charge in [-0.3, -0.25) is 4.79 Å². The van der Waals surface area contributed by atoms with Gasteiger partial charge in [-0.05, 0) is 67.5 Å². The van der Waals surface area contributed by atoms with Crippen molar-refractivity contribution in [2.45, 2.75) is 51.1 Å². The van der Waals surface area contributed by atoms with Crippen LogP contribution >= 0.6 is 11.6 Å². The maximum atomic E-state index is 14.6. The number of alkyl halides is 7. The molecule has 0 unspecified atom stereocenters. The lowest BCUT2D eigenvalue weighted by atomic mass is 9.87. The van der Waals surface area contributed by atoms with Gasteiger partial charge in [0.15, 0.2) is 5.78 Å². The van der Waals surface area contributed by atoms with Crippen molar-refractivity contribution in [1.29, 1.82) is 0 Å². The molecule has 11 heteroatoms. The fourth-order valence-electron chi connectivity index (χ4n) is 4.26. The van der Waals surface area contributed by atoms with Crippen LogP contribution in [0, 0.1) is 19.8 Å². The number of Topliss-reactive ketones (excluding diaryl/α,β-unsaturated/α-hetero) is 1. The maximum absolute atomic E-state index is 14.6. The average molecular weight is 533 g/mol. The number of carbonyl (C=O) groups excluding carboxylic acids is 1. The summed E-state index contributed by atoms with van der Waals surface area (Å²) in [6.45, 7) is 2.60. The standard InChI is InChI=1S/C25H20ClF7N2O/c1-13-7-17(23(27,24(28,29)30)25(31,32)33)8-14(2)22(13)16-11-34-35(12-16)18-5-6-20(26)19(10-18)21(36)9-15-3-4-15/h5-8,10-12,15H,3-4,9H2,1-2H3. The van der Waals surface area contributed by atoms with Crippen molar-refractivity contribution in [2.24, 2.45) is 5.92 Å². The molecule has 1 aliphatic carbocycles. The first kappa shape index (κ1) is 26.2. The monoisotopic (exact) mass is 532 g/mol. The minimum atomic E-state index is -6.19. The van der Waals surface area contributed by atoms with Crippen LogP contribution in [0.2, 0.25) is 5.02 Å². The Morgan fingerprint density at radius 3 is 2.11 bits per heavy atom. The Morgan fingerprint density at radius 1 is 1.00 bits per heavy atom. The molecular formula is C25H20ClF7N2O. The van der Waals surface area contributed by atoms with Gasteiger partial charge in [-0.1, -0.05) is 23.7 Å². The lowest BCUT2D eigenvalue weighted by Gasteiger charge is -2.31. The molecule has 0 spiro atoms. The van der Waals surface area contributed by atoms with E-state index in [9.17, 15) is 35.5 Å². The molecule has 1 aliphatic rings. The van der Waals surface area contributed by atoms with Gasteiger partial charge >= 0.3 is 18.0 Å². The third kappa shape index (κ3) is 4.63. The Labute approximate surface area is 206 Å². The highest BCUT2D eigenvalue weighted by Crippen LogP contribution is 2.54. The highest BCUT2D eigenvalue weighted by atomic mass is 35.5. The topological polar surface area (TPSA) is 34.9 Å². The van der Waals surface area contributed by atoms with Crippen LogP contribution in [0.1, 0.15) is 46.3 Å². The number of rotatable bonds is 6. The third-order valence-electron chi connectivity index (χ3n) is 6.27. The average Bonchev–Trinajstić information content (AvgIpc) is 3.44. The predicted octanol–water partition coefficient (Wildman–Crippen LogP) is 8.08. The second-order valence-electron chi connectivity index (χ2n) is 9.05. The van der Waals surface area contributed by atoms with E-state index in [0.29, 0.717) is 51.9 Å². The highest BCUT2D eigenvalue weighted by Gasteiger charge is 2.73. The molecule has 0 radical (unpaired) electrons. The molecule has 0 bridgehead atoms. The van der Waals surface area contributed by atoms with Crippen LogP contribution < -0.4 is 0 Å². The van der Waals surface area contributed by atoms with Gasteiger partial charge in [-0.2, -0.15) is 31.4 Å². The molecule has 0 N–H and O–H groups in total. The Hall–Kier alpha value is -2.88. The van der Waals surface area contributed by atoms with E-state index in [4.69, 9.17) is 11.6 Å². The molecule has 36 heavy (non-hydrogen) atoms. The number of nitrogens with zero attached hydrogens (tertiary/aromatic N) is 2. The molecule has 1 fully saturated rings. The zero-order chi connectivity index (χ0) is 26.6. The maximum Gasteiger partial charge on any atom is 0.435 e. The zero-order valence-electron chi connectivity index (χ0n) is 19.1. The van der Waals surface area contributed by atoms with Crippen molar-refractivity contribution in [3.05, 3.63) is 70.0 Å². The molecule has 3 nitrogen and oxygen atoms in total. The van der Waals surface area contributed by atoms with Gasteiger partial charge in [-0.15, -0.1) is 0 Å². The molecule has 0 saturated heterocycles. The third-order valence-corrected chi connectivity index (χ3v) is 6.60. The van der Waals surface area contributed by atoms with Gasteiger partial charge in [0.25, 0.3) is 0 Å². The zero-order valence-corrected chi connectivity index (χ0v) is 19.8. The fraction of sp³-hybridized carbons (Fsp3) is 0.360. The Morgan fingerprint density at radius 2 is 1.58 bits per heavy atom. The number of halogens is 8. The highest BCUT2D eigenvalue weighted by molar-refractivity contribution is 6.34. The lowest BCUT2D eigenvalue weighted by molar-refractivity contribution is -0.348. The number of aromatic nitrogens is 2. The van der Waals surface area contributed by atoms with E-state index in [-0.39, 0.29) is 16.9 Å². The molecule has 2 aromatic carbocycles. The SMILES string of the molecule is Cc1cc(C(F)(C(F)(F)F)C(F)(F)F)cc(C)c1-c1cnn(-c2ccc(Cl)c(C(=O)CC3CC3)c2)c1. The molecule has 0 atom stereocenters. The molecule has 0 aliphatic heterocycles. The molecule has 3 aromatic rings. The van der Waals surface area contributed by atoms with E-state index in [1.165, 1.54) is 30.9 Å². The summed E-state index contributed by atoms with van der Waals surface area (Å²) in [6.07, 6.45) is -7.10. The molecular weight excluding hydrogens is 513 g/mol. The number of benzene rings is 2. The fourth-order valence-corrected chi connectivity index (χ4v) is 4.49. The van der Waals surface area contributed by atoms with E-state index in [0.717, 1.165) is 12.8 Å². The predicted molar refractivity (Wildman–Crippen MR) is 120 cm³/mol. The first-order chi connectivity index (χ1) is 16.6. The van der Waals surface area contributed by atoms with Crippen LogP contribution in [0.5, 0.6) is 0 Å². The normalized spacial score (nSPS) is 14.8. The van der Waals surface area contributed by atoms with E-state index in [1.807, 2.05) is 0 Å². The number of ketones is 1. The van der Waals surface area contributed by atoms with Gasteiger partial charge < -0.3 is 0 Å². The van der Waals surface area contributed by atoms with Gasteiger partial charge in [0.05, 0.1) is 16.9 Å². The van der Waals surface area contributed by atoms with Crippen LogP contribution in [0.25, 0.3) is 16.8 Å². The van der Waals surface area contributed by atoms with Crippen LogP contribution in [0.4, 0.5) is 30.7 Å². The smallest absolute Gasteiger partial charge is 0.294 e. The quantitative estimate of drug-likeness (QED) is 0.237. The van der Waals surface area contributed by atoms with Crippen LogP contribution in [-0.2, 0) is 5.67 Å². The van der Waals surface area contributed by atoms with Gasteiger partial charge in [0, 0.05) is 29.3 Å². The molecule has 0 amide bonds. The van der Waals surface area contributed by atoms with E-state index in [2.05, 4.69) is 5.10 Å². The van der Waals surface area contributed by atoms with Crippen molar-refractivity contribution >= 4 is 17.4 Å². The molecule has 1 heterocycles. The Bertz CT molecular complexity index is 1290. The second-order valence-corrected chi connectivity index (χ2v) is 9.45. The minimum Gasteiger partial charge on any atom is -0.294 e. The van der Waals surface area contributed by atoms with Crippen molar-refractivity contribution in [3.63, 3.8) is 0 Å². The van der Waals surface area contributed by atoms with Gasteiger partial charge in [-0.25, -0.2) is 9.07 Å². The summed E-state index contributed by atoms with van der Waals surface area (Å²) in [5.41, 5.74) is -5.48. The van der Waals surface area contributed by atoms with Crippen molar-refractivity contribution in [1.82, 2.24) is 9.78 Å². The number of carbonyl (C=O) groups is 1.